The van der Waals surface area contributed by atoms with Crippen molar-refractivity contribution in [1.82, 2.24) is 0 Å². The van der Waals surface area contributed by atoms with E-state index in [0.29, 0.717) is 18.3 Å². The number of carboxylic acids is 1. The lowest BCUT2D eigenvalue weighted by atomic mass is 10.1. The minimum Gasteiger partial charge on any atom is -0.493 e. The maximum Gasteiger partial charge on any atom is 0.337 e. The van der Waals surface area contributed by atoms with Gasteiger partial charge in [0.15, 0.2) is 0 Å². The number of ether oxygens (including phenoxy) is 1. The highest BCUT2D eigenvalue weighted by atomic mass is 16.5. The zero-order chi connectivity index (χ0) is 12.8. The average Bonchev–Trinajstić information content (AvgIpc) is 2.32. The highest BCUT2D eigenvalue weighted by Crippen LogP contribution is 2.21. The number of hydrogen-bond donors (Lipinski definition) is 2. The Kier molecular flexibility index (Phi) is 4.82. The van der Waals surface area contributed by atoms with Crippen LogP contribution >= 0.6 is 0 Å². The van der Waals surface area contributed by atoms with Crippen LogP contribution in [-0.2, 0) is 0 Å². The number of aromatic carboxylic acids is 1. The summed E-state index contributed by atoms with van der Waals surface area (Å²) in [6, 6.07) is 4.73. The zero-order valence-corrected chi connectivity index (χ0v) is 10.3. The summed E-state index contributed by atoms with van der Waals surface area (Å²) in [5.74, 6) is 0.0276. The summed E-state index contributed by atoms with van der Waals surface area (Å²) < 4.78 is 5.58. The van der Waals surface area contributed by atoms with Crippen LogP contribution in [0.15, 0.2) is 18.2 Å². The first-order chi connectivity index (χ1) is 8.08. The molecule has 1 aromatic carbocycles. The lowest BCUT2D eigenvalue weighted by molar-refractivity contribution is 0.0697. The third-order valence-corrected chi connectivity index (χ3v) is 2.90. The van der Waals surface area contributed by atoms with Gasteiger partial charge in [-0.3, -0.25) is 0 Å². The van der Waals surface area contributed by atoms with E-state index < -0.39 is 5.97 Å². The summed E-state index contributed by atoms with van der Waals surface area (Å²) in [6.07, 6.45) is 2.11. The molecule has 0 unspecified atom stereocenters. The Morgan fingerprint density at radius 2 is 2.06 bits per heavy atom. The highest BCUT2D eigenvalue weighted by molar-refractivity contribution is 5.94. The molecule has 94 valence electrons. The molecule has 3 N–H and O–H groups in total. The van der Waals surface area contributed by atoms with Gasteiger partial charge >= 0.3 is 5.97 Å². The normalized spacial score (nSPS) is 10.5. The van der Waals surface area contributed by atoms with Crippen LogP contribution in [0, 0.1) is 5.92 Å². The molecule has 0 saturated heterocycles. The Hall–Kier alpha value is -1.71. The van der Waals surface area contributed by atoms with E-state index in [1.165, 1.54) is 6.07 Å². The van der Waals surface area contributed by atoms with Gasteiger partial charge in [0, 0.05) is 5.69 Å². The van der Waals surface area contributed by atoms with Crippen molar-refractivity contribution in [2.75, 3.05) is 12.3 Å². The molecule has 0 fully saturated rings. The smallest absolute Gasteiger partial charge is 0.337 e. The molecule has 0 atom stereocenters. The summed E-state index contributed by atoms with van der Waals surface area (Å²) in [6.45, 7) is 4.84. The standard InChI is InChI=1S/C13H19NO3/c1-3-9(4-2)8-17-10-5-6-12(14)11(7-10)13(15)16/h5-7,9H,3-4,8,14H2,1-2H3,(H,15,16). The van der Waals surface area contributed by atoms with Gasteiger partial charge in [0.05, 0.1) is 12.2 Å². The molecule has 4 heteroatoms. The Bertz CT molecular complexity index is 386. The van der Waals surface area contributed by atoms with Crippen LogP contribution < -0.4 is 10.5 Å². The average molecular weight is 237 g/mol. The first kappa shape index (κ1) is 13.4. The van der Waals surface area contributed by atoms with E-state index in [2.05, 4.69) is 13.8 Å². The summed E-state index contributed by atoms with van der Waals surface area (Å²) in [4.78, 5) is 10.9. The maximum atomic E-state index is 10.9. The predicted molar refractivity (Wildman–Crippen MR) is 67.4 cm³/mol. The number of rotatable bonds is 6. The molecule has 0 aliphatic rings. The maximum absolute atomic E-state index is 10.9. The quantitative estimate of drug-likeness (QED) is 0.746. The monoisotopic (exact) mass is 237 g/mol. The second-order valence-corrected chi connectivity index (χ2v) is 4.05. The molecule has 0 aliphatic carbocycles. The van der Waals surface area contributed by atoms with Gasteiger partial charge in [0.25, 0.3) is 0 Å². The molecule has 0 radical (unpaired) electrons. The van der Waals surface area contributed by atoms with Gasteiger partial charge in [0.2, 0.25) is 0 Å². The molecule has 0 aromatic heterocycles. The molecule has 1 rings (SSSR count). The molecule has 0 bridgehead atoms. The zero-order valence-electron chi connectivity index (χ0n) is 10.3. The molecular weight excluding hydrogens is 218 g/mol. The van der Waals surface area contributed by atoms with Crippen LogP contribution in [0.5, 0.6) is 5.75 Å². The lowest BCUT2D eigenvalue weighted by Crippen LogP contribution is -2.11. The summed E-state index contributed by atoms with van der Waals surface area (Å²) in [5.41, 5.74) is 5.91. The van der Waals surface area contributed by atoms with Crippen LogP contribution in [0.1, 0.15) is 37.0 Å². The van der Waals surface area contributed by atoms with Crippen molar-refractivity contribution in [3.63, 3.8) is 0 Å². The largest absolute Gasteiger partial charge is 0.493 e. The van der Waals surface area contributed by atoms with E-state index in [4.69, 9.17) is 15.6 Å². The first-order valence-electron chi connectivity index (χ1n) is 5.84. The van der Waals surface area contributed by atoms with E-state index in [-0.39, 0.29) is 11.3 Å². The molecule has 1 aromatic rings. The number of carbonyl (C=O) groups is 1. The van der Waals surface area contributed by atoms with Crippen LogP contribution in [0.25, 0.3) is 0 Å². The second-order valence-electron chi connectivity index (χ2n) is 4.05. The van der Waals surface area contributed by atoms with E-state index >= 15 is 0 Å². The van der Waals surface area contributed by atoms with Crippen LogP contribution in [0.4, 0.5) is 5.69 Å². The van der Waals surface area contributed by atoms with Crippen LogP contribution in [0.2, 0.25) is 0 Å². The van der Waals surface area contributed by atoms with Crippen molar-refractivity contribution >= 4 is 11.7 Å². The van der Waals surface area contributed by atoms with E-state index in [1.54, 1.807) is 12.1 Å². The number of nitrogens with two attached hydrogens (primary N) is 1. The molecule has 0 aliphatic heterocycles. The summed E-state index contributed by atoms with van der Waals surface area (Å²) in [7, 11) is 0. The molecule has 4 nitrogen and oxygen atoms in total. The van der Waals surface area contributed by atoms with E-state index in [0.717, 1.165) is 12.8 Å². The Labute approximate surface area is 101 Å². The third-order valence-electron chi connectivity index (χ3n) is 2.90. The van der Waals surface area contributed by atoms with Crippen molar-refractivity contribution in [1.29, 1.82) is 0 Å². The van der Waals surface area contributed by atoms with Crippen LogP contribution in [-0.4, -0.2) is 17.7 Å². The molecular formula is C13H19NO3. The topological polar surface area (TPSA) is 72.5 Å². The van der Waals surface area contributed by atoms with Crippen molar-refractivity contribution in [2.24, 2.45) is 5.92 Å². The summed E-state index contributed by atoms with van der Waals surface area (Å²) in [5, 5.41) is 8.92. The molecule has 0 saturated carbocycles. The Morgan fingerprint density at radius 1 is 1.41 bits per heavy atom. The SMILES string of the molecule is CCC(CC)COc1ccc(N)c(C(=O)O)c1. The number of hydrogen-bond acceptors (Lipinski definition) is 3. The third kappa shape index (κ3) is 3.66. The predicted octanol–water partition coefficient (Wildman–Crippen LogP) is 2.78. The minimum atomic E-state index is -1.03. The highest BCUT2D eigenvalue weighted by Gasteiger charge is 2.10. The fourth-order valence-electron chi connectivity index (χ4n) is 1.55. The fourth-order valence-corrected chi connectivity index (χ4v) is 1.55. The summed E-state index contributed by atoms with van der Waals surface area (Å²) >= 11 is 0. The van der Waals surface area contributed by atoms with E-state index in [9.17, 15) is 4.79 Å². The molecule has 0 amide bonds. The lowest BCUT2D eigenvalue weighted by Gasteiger charge is -2.14. The van der Waals surface area contributed by atoms with Gasteiger partial charge in [-0.15, -0.1) is 0 Å². The van der Waals surface area contributed by atoms with Crippen molar-refractivity contribution in [3.8, 4) is 5.75 Å². The number of nitrogen functional groups attached to an aromatic ring is 1. The molecule has 0 heterocycles. The Balaban J connectivity index is 2.72. The van der Waals surface area contributed by atoms with Gasteiger partial charge in [0.1, 0.15) is 5.75 Å². The molecule has 0 spiro atoms. The van der Waals surface area contributed by atoms with Gasteiger partial charge in [-0.25, -0.2) is 4.79 Å². The second kappa shape index (κ2) is 6.13. The van der Waals surface area contributed by atoms with Gasteiger partial charge in [-0.05, 0) is 24.1 Å². The van der Waals surface area contributed by atoms with Crippen molar-refractivity contribution < 1.29 is 14.6 Å². The molecule has 17 heavy (non-hydrogen) atoms. The van der Waals surface area contributed by atoms with Gasteiger partial charge in [-0.2, -0.15) is 0 Å². The van der Waals surface area contributed by atoms with Crippen LogP contribution in [0.3, 0.4) is 0 Å². The van der Waals surface area contributed by atoms with Gasteiger partial charge in [-0.1, -0.05) is 26.7 Å². The van der Waals surface area contributed by atoms with Crippen molar-refractivity contribution in [2.45, 2.75) is 26.7 Å². The number of carboxylic acid groups (broad SMARTS) is 1. The Morgan fingerprint density at radius 3 is 2.59 bits per heavy atom. The minimum absolute atomic E-state index is 0.0899. The van der Waals surface area contributed by atoms with E-state index in [1.807, 2.05) is 0 Å². The van der Waals surface area contributed by atoms with Gasteiger partial charge < -0.3 is 15.6 Å². The number of anilines is 1. The van der Waals surface area contributed by atoms with Crippen molar-refractivity contribution in [3.05, 3.63) is 23.8 Å². The number of benzene rings is 1. The first-order valence-corrected chi connectivity index (χ1v) is 5.84. The fraction of sp³-hybridized carbons (Fsp3) is 0.462.